The van der Waals surface area contributed by atoms with Gasteiger partial charge in [0.1, 0.15) is 59.7 Å². The predicted octanol–water partition coefficient (Wildman–Crippen LogP) is 6.82. The van der Waals surface area contributed by atoms with Crippen LogP contribution >= 0.6 is 0 Å². The van der Waals surface area contributed by atoms with Crippen LogP contribution in [0.2, 0.25) is 0 Å². The summed E-state index contributed by atoms with van der Waals surface area (Å²) in [6, 6.07) is 20.5. The van der Waals surface area contributed by atoms with Crippen LogP contribution in [0.4, 0.5) is 19.4 Å². The number of hydrogen-bond acceptors (Lipinski definition) is 16. The summed E-state index contributed by atoms with van der Waals surface area (Å²) in [5, 5.41) is 13.9. The van der Waals surface area contributed by atoms with Gasteiger partial charge >= 0.3 is 6.09 Å². The molecule has 22 nitrogen and oxygen atoms in total. The van der Waals surface area contributed by atoms with Gasteiger partial charge in [-0.25, -0.2) is 18.3 Å². The molecule has 1 saturated heterocycles. The second-order valence-corrected chi connectivity index (χ2v) is 23.0. The predicted molar refractivity (Wildman–Crippen MR) is 322 cm³/mol. The minimum absolute atomic E-state index is 0.0181. The number of carbonyl (C=O) groups excluding carboxylic acids is 5. The first-order valence-electron chi connectivity index (χ1n) is 30.0. The second kappa shape index (κ2) is 32.0. The second-order valence-electron chi connectivity index (χ2n) is 23.0. The van der Waals surface area contributed by atoms with Crippen LogP contribution in [-0.4, -0.2) is 167 Å². The number of halogens is 2. The topological polar surface area (TPSA) is 272 Å². The molecule has 1 aliphatic carbocycles. The smallest absolute Gasteiger partial charge is 0.409 e. The molecule has 3 aliphatic rings. The molecule has 2 aliphatic heterocycles. The number of hydrogen-bond donors (Lipinski definition) is 5. The third kappa shape index (κ3) is 18.0. The number of amides is 5. The standard InChI is InChI=1S/C64H83F2N9O13/c1-41(69-5)60(77)71-57(64(2,3)4)62(79)74-39-45-36-49(21-17-44(45)37-53(74)61(78)70-52-14-8-11-42-10-6-7-13-50(42)52)86-34-32-84-30-28-82-26-24-81-25-27-83-29-31-85-33-35-87-63(80)73-23-9-12-47(40-73)75-58(67)55(59(68)76)56(72-75)43-15-19-48(20-16-43)88-54-22-18-46(65)38-51(54)66/h6-7,10,13,15-22,36,38,41,47,52-53,57,69H,8-9,11-12,14,23-35,37,39-40,67H2,1-5H3,(H2,68,76)(H,70,78)(H,71,77)/t41-,47+,52+,53-,57+/m0/s1. The van der Waals surface area contributed by atoms with Gasteiger partial charge in [-0.2, -0.15) is 5.10 Å². The normalized spacial score (nSPS) is 17.3. The molecule has 5 aromatic rings. The summed E-state index contributed by atoms with van der Waals surface area (Å²) >= 11 is 0. The molecule has 0 spiro atoms. The quantitative estimate of drug-likeness (QED) is 0.0295. The van der Waals surface area contributed by atoms with Crippen LogP contribution in [0.1, 0.15) is 98.1 Å². The van der Waals surface area contributed by atoms with Gasteiger partial charge < -0.3 is 75.1 Å². The molecular formula is C64H83F2N9O13. The lowest BCUT2D eigenvalue weighted by Gasteiger charge is -2.41. The molecule has 0 unspecified atom stereocenters. The van der Waals surface area contributed by atoms with Gasteiger partial charge in [0.25, 0.3) is 5.91 Å². The van der Waals surface area contributed by atoms with Gasteiger partial charge in [-0.15, -0.1) is 0 Å². The number of nitrogens with two attached hydrogens (primary N) is 2. The SMILES string of the molecule is CN[C@@H](C)C(=O)N[C@H](C(=O)N1Cc2cc(OCCOCCOCCOCCOCCOCCOC(=O)N3CCC[C@@H](n4nc(-c5ccc(Oc6ccc(F)cc6F)cc5)c(C(N)=O)c4N)C3)ccc2C[C@H]1C(=O)N[C@@H]1CCCc2ccccc21)C(C)(C)C. The zero-order chi connectivity index (χ0) is 62.7. The molecule has 7 N–H and O–H groups in total. The highest BCUT2D eigenvalue weighted by Crippen LogP contribution is 2.36. The number of nitrogens with one attached hydrogen (secondary N) is 3. The minimum atomic E-state index is -0.893. The highest BCUT2D eigenvalue weighted by molar-refractivity contribution is 6.03. The zero-order valence-electron chi connectivity index (χ0n) is 50.8. The first-order chi connectivity index (χ1) is 42.4. The lowest BCUT2D eigenvalue weighted by molar-refractivity contribution is -0.147. The van der Waals surface area contributed by atoms with E-state index in [0.717, 1.165) is 48.1 Å². The van der Waals surface area contributed by atoms with Crippen LogP contribution in [0, 0.1) is 17.0 Å². The van der Waals surface area contributed by atoms with Crippen LogP contribution in [0.5, 0.6) is 17.2 Å². The lowest BCUT2D eigenvalue weighted by Crippen LogP contribution is -2.62. The molecule has 476 valence electrons. The van der Waals surface area contributed by atoms with E-state index in [2.05, 4.69) is 33.2 Å². The number of likely N-dealkylation sites (tertiary alicyclic amines) is 1. The van der Waals surface area contributed by atoms with Crippen LogP contribution in [0.25, 0.3) is 11.3 Å². The monoisotopic (exact) mass is 1220 g/mol. The molecule has 1 aromatic heterocycles. The van der Waals surface area contributed by atoms with E-state index < -0.39 is 47.2 Å². The summed E-state index contributed by atoms with van der Waals surface area (Å²) in [5.74, 6) is -2.47. The number of nitrogens with zero attached hydrogens (tertiary/aromatic N) is 4. The van der Waals surface area contributed by atoms with Crippen LogP contribution in [0.3, 0.4) is 0 Å². The Kier molecular flexibility index (Phi) is 24.0. The van der Waals surface area contributed by atoms with Gasteiger partial charge in [0.05, 0.1) is 84.2 Å². The summed E-state index contributed by atoms with van der Waals surface area (Å²) in [7, 11) is 1.69. The number of carbonyl (C=O) groups is 5. The van der Waals surface area contributed by atoms with Gasteiger partial charge in [-0.1, -0.05) is 51.1 Å². The molecule has 1 fully saturated rings. The third-order valence-electron chi connectivity index (χ3n) is 15.7. The maximum atomic E-state index is 14.7. The van der Waals surface area contributed by atoms with Crippen molar-refractivity contribution in [3.63, 3.8) is 0 Å². The van der Waals surface area contributed by atoms with E-state index >= 15 is 0 Å². The molecule has 0 radical (unpaired) electrons. The van der Waals surface area contributed by atoms with Crippen LogP contribution in [0.15, 0.2) is 84.9 Å². The molecule has 5 amide bonds. The Balaban J connectivity index is 0.670. The fourth-order valence-electron chi connectivity index (χ4n) is 10.8. The number of piperidine rings is 1. The molecule has 88 heavy (non-hydrogen) atoms. The zero-order valence-corrected chi connectivity index (χ0v) is 50.8. The highest BCUT2D eigenvalue weighted by Gasteiger charge is 2.43. The Morgan fingerprint density at radius 3 is 2.05 bits per heavy atom. The fourth-order valence-corrected chi connectivity index (χ4v) is 10.8. The molecule has 0 bridgehead atoms. The van der Waals surface area contributed by atoms with E-state index in [1.807, 2.05) is 51.1 Å². The third-order valence-corrected chi connectivity index (χ3v) is 15.7. The highest BCUT2D eigenvalue weighted by atomic mass is 19.1. The summed E-state index contributed by atoms with van der Waals surface area (Å²) in [6.45, 7) is 11.9. The Bertz CT molecular complexity index is 3160. The molecule has 8 rings (SSSR count). The first-order valence-corrected chi connectivity index (χ1v) is 30.0. The number of fused-ring (bicyclic) bond motifs is 2. The van der Waals surface area contributed by atoms with Crippen molar-refractivity contribution in [3.05, 3.63) is 124 Å². The number of benzene rings is 4. The van der Waals surface area contributed by atoms with Crippen molar-refractivity contribution in [2.45, 2.75) is 103 Å². The first kappa shape index (κ1) is 66.2. The summed E-state index contributed by atoms with van der Waals surface area (Å²) in [5.41, 5.74) is 16.4. The Hall–Kier alpha value is -7.74. The van der Waals surface area contributed by atoms with Crippen molar-refractivity contribution >= 4 is 35.5 Å². The molecule has 4 aromatic carbocycles. The average molecular weight is 1220 g/mol. The maximum absolute atomic E-state index is 14.7. The van der Waals surface area contributed by atoms with Crippen LogP contribution < -0.4 is 36.9 Å². The van der Waals surface area contributed by atoms with Gasteiger partial charge in [0.2, 0.25) is 17.7 Å². The van der Waals surface area contributed by atoms with E-state index in [-0.39, 0.29) is 97.9 Å². The molecule has 5 atom stereocenters. The average Bonchev–Trinajstić information content (AvgIpc) is 1.48. The van der Waals surface area contributed by atoms with Gasteiger partial charge in [-0.3, -0.25) is 19.2 Å². The van der Waals surface area contributed by atoms with E-state index in [1.54, 1.807) is 48.0 Å². The van der Waals surface area contributed by atoms with Gasteiger partial charge in [0.15, 0.2) is 11.6 Å². The van der Waals surface area contributed by atoms with E-state index in [4.69, 9.17) is 49.4 Å². The van der Waals surface area contributed by atoms with Crippen molar-refractivity contribution < 1.29 is 70.6 Å². The van der Waals surface area contributed by atoms with Crippen molar-refractivity contribution in [1.82, 2.24) is 35.5 Å². The van der Waals surface area contributed by atoms with E-state index in [0.29, 0.717) is 90.0 Å². The van der Waals surface area contributed by atoms with E-state index in [1.165, 1.54) is 16.3 Å². The number of ether oxygens (including phenoxy) is 8. The van der Waals surface area contributed by atoms with Crippen molar-refractivity contribution in [2.24, 2.45) is 11.1 Å². The summed E-state index contributed by atoms with van der Waals surface area (Å²) < 4.78 is 74.3. The summed E-state index contributed by atoms with van der Waals surface area (Å²) in [4.78, 5) is 71.1. The number of anilines is 1. The van der Waals surface area contributed by atoms with Gasteiger partial charge in [0, 0.05) is 37.7 Å². The minimum Gasteiger partial charge on any atom is -0.491 e. The van der Waals surface area contributed by atoms with Crippen molar-refractivity contribution in [2.75, 3.05) is 105 Å². The Labute approximate surface area is 512 Å². The Morgan fingerprint density at radius 1 is 0.750 bits per heavy atom. The number of aryl methyl sites for hydroxylation is 1. The Morgan fingerprint density at radius 2 is 1.40 bits per heavy atom. The van der Waals surface area contributed by atoms with Crippen molar-refractivity contribution in [1.29, 1.82) is 0 Å². The molecule has 24 heteroatoms. The van der Waals surface area contributed by atoms with E-state index in [9.17, 15) is 32.8 Å². The lowest BCUT2D eigenvalue weighted by atomic mass is 9.83. The number of primary amides is 1. The molecular weight excluding hydrogens is 1140 g/mol. The molecule has 0 saturated carbocycles. The number of aromatic nitrogens is 2. The largest absolute Gasteiger partial charge is 0.491 e. The van der Waals surface area contributed by atoms with Gasteiger partial charge in [-0.05, 0) is 122 Å². The van der Waals surface area contributed by atoms with Crippen LogP contribution in [-0.2, 0) is 62.2 Å². The summed E-state index contributed by atoms with van der Waals surface area (Å²) in [6.07, 6.45) is 3.75. The van der Waals surface area contributed by atoms with Crippen molar-refractivity contribution in [3.8, 4) is 28.5 Å². The fraction of sp³-hybridized carbons (Fsp3) is 0.500. The maximum Gasteiger partial charge on any atom is 0.409 e. The number of nitrogen functional groups attached to an aromatic ring is 1. The number of rotatable bonds is 30. The molecule has 3 heterocycles. The number of likely N-dealkylation sites (N-methyl/N-ethyl adjacent to an activating group) is 1.